The molecule has 0 aliphatic rings. The summed E-state index contributed by atoms with van der Waals surface area (Å²) in [6, 6.07) is 16.2. The molecule has 6 heteroatoms. The van der Waals surface area contributed by atoms with E-state index < -0.39 is 0 Å². The maximum atomic E-state index is 4.58. The van der Waals surface area contributed by atoms with E-state index in [9.17, 15) is 0 Å². The van der Waals surface area contributed by atoms with Gasteiger partial charge >= 0.3 is 0 Å². The zero-order chi connectivity index (χ0) is 13.4. The van der Waals surface area contributed by atoms with Gasteiger partial charge in [-0.1, -0.05) is 24.3 Å². The molecule has 2 N–H and O–H groups in total. The minimum absolute atomic E-state index is 0. The van der Waals surface area contributed by atoms with E-state index in [4.69, 9.17) is 0 Å². The van der Waals surface area contributed by atoms with Crippen LogP contribution < -0.4 is 0 Å². The third kappa shape index (κ3) is 3.08. The van der Waals surface area contributed by atoms with Crippen LogP contribution in [0.1, 0.15) is 11.6 Å². The summed E-state index contributed by atoms with van der Waals surface area (Å²) in [5, 5.41) is 0. The average molecular weight is 335 g/mol. The van der Waals surface area contributed by atoms with Gasteiger partial charge in [-0.3, -0.25) is 0 Å². The van der Waals surface area contributed by atoms with Crippen molar-refractivity contribution in [3.05, 3.63) is 60.2 Å². The summed E-state index contributed by atoms with van der Waals surface area (Å²) in [5.41, 5.74) is 4.22. The molecule has 4 aromatic rings. The molecule has 2 heterocycles. The van der Waals surface area contributed by atoms with Crippen molar-refractivity contribution in [2.45, 2.75) is 12.8 Å². The Hall–Kier alpha value is -2.04. The highest BCUT2D eigenvalue weighted by Gasteiger charge is 2.05. The van der Waals surface area contributed by atoms with E-state index in [2.05, 4.69) is 19.9 Å². The van der Waals surface area contributed by atoms with Gasteiger partial charge in [0.25, 0.3) is 0 Å². The van der Waals surface area contributed by atoms with Crippen LogP contribution in [0.3, 0.4) is 0 Å². The number of H-pyrrole nitrogens is 2. The Bertz CT molecular complexity index is 742. The first-order valence-electron chi connectivity index (χ1n) is 6.76. The molecule has 114 valence electrons. The van der Waals surface area contributed by atoms with Crippen molar-refractivity contribution in [1.29, 1.82) is 0 Å². The van der Waals surface area contributed by atoms with Gasteiger partial charge in [0.2, 0.25) is 0 Å². The fourth-order valence-corrected chi connectivity index (χ4v) is 2.48. The summed E-state index contributed by atoms with van der Waals surface area (Å²) in [6.07, 6.45) is 1.71. The molecule has 4 rings (SSSR count). The van der Waals surface area contributed by atoms with Gasteiger partial charge in [-0.05, 0) is 24.3 Å². The van der Waals surface area contributed by atoms with Gasteiger partial charge < -0.3 is 9.97 Å². The fourth-order valence-electron chi connectivity index (χ4n) is 2.48. The lowest BCUT2D eigenvalue weighted by atomic mass is 10.3. The lowest BCUT2D eigenvalue weighted by Gasteiger charge is -1.93. The molecular weight excluding hydrogens is 319 g/mol. The number of imidazole rings is 2. The Morgan fingerprint density at radius 1 is 0.636 bits per heavy atom. The quantitative estimate of drug-likeness (QED) is 0.593. The summed E-state index contributed by atoms with van der Waals surface area (Å²) in [5.74, 6) is 2.01. The number of fused-ring (bicyclic) bond motifs is 2. The summed E-state index contributed by atoms with van der Waals surface area (Å²) < 4.78 is 0. The van der Waals surface area contributed by atoms with Crippen molar-refractivity contribution in [3.8, 4) is 0 Å². The monoisotopic (exact) mass is 334 g/mol. The number of aryl methyl sites for hydroxylation is 2. The molecule has 0 unspecified atom stereocenters. The Morgan fingerprint density at radius 2 is 1.05 bits per heavy atom. The Labute approximate surface area is 140 Å². The Morgan fingerprint density at radius 3 is 1.45 bits per heavy atom. The molecule has 22 heavy (non-hydrogen) atoms. The molecule has 0 amide bonds. The molecule has 0 bridgehead atoms. The van der Waals surface area contributed by atoms with Crippen molar-refractivity contribution >= 4 is 46.9 Å². The van der Waals surface area contributed by atoms with Gasteiger partial charge in [0.15, 0.2) is 0 Å². The van der Waals surface area contributed by atoms with Crippen LogP contribution >= 0.6 is 24.8 Å². The molecule has 4 nitrogen and oxygen atoms in total. The number of hydrogen-bond acceptors (Lipinski definition) is 2. The topological polar surface area (TPSA) is 57.4 Å². The van der Waals surface area contributed by atoms with E-state index >= 15 is 0 Å². The van der Waals surface area contributed by atoms with Gasteiger partial charge in [0, 0.05) is 12.8 Å². The second-order valence-corrected chi connectivity index (χ2v) is 4.90. The number of nitrogens with one attached hydrogen (secondary N) is 2. The molecule has 0 saturated carbocycles. The number of benzene rings is 2. The molecule has 0 fully saturated rings. The standard InChI is InChI=1S/C16H14N4.2ClH/c1-2-6-12-11(5-1)17-15(18-12)9-10-16-19-13-7-3-4-8-14(13)20-16;;/h1-8H,9-10H2,(H,17,18)(H,19,20);2*1H. The summed E-state index contributed by atoms with van der Waals surface area (Å²) in [4.78, 5) is 15.9. The van der Waals surface area contributed by atoms with Crippen molar-refractivity contribution in [3.63, 3.8) is 0 Å². The number of rotatable bonds is 3. The first kappa shape index (κ1) is 16.3. The molecule has 0 aliphatic carbocycles. The van der Waals surface area contributed by atoms with E-state index in [0.717, 1.165) is 46.6 Å². The van der Waals surface area contributed by atoms with E-state index in [0.29, 0.717) is 0 Å². The predicted molar refractivity (Wildman–Crippen MR) is 94.1 cm³/mol. The summed E-state index contributed by atoms with van der Waals surface area (Å²) in [7, 11) is 0. The number of para-hydroxylation sites is 4. The number of aromatic amines is 2. The van der Waals surface area contributed by atoms with Crippen LogP contribution in [0, 0.1) is 0 Å². The zero-order valence-corrected chi connectivity index (χ0v) is 13.4. The second-order valence-electron chi connectivity index (χ2n) is 4.90. The van der Waals surface area contributed by atoms with Crippen LogP contribution in [0.25, 0.3) is 22.1 Å². The van der Waals surface area contributed by atoms with Gasteiger partial charge in [0.1, 0.15) is 11.6 Å². The smallest absolute Gasteiger partial charge is 0.107 e. The van der Waals surface area contributed by atoms with E-state index in [1.807, 2.05) is 48.5 Å². The number of hydrogen-bond donors (Lipinski definition) is 2. The normalized spacial score (nSPS) is 10.4. The maximum absolute atomic E-state index is 4.58. The SMILES string of the molecule is Cl.Cl.c1ccc2[nH]c(CCc3nc4ccccc4[nH]3)nc2c1. The molecule has 2 aromatic heterocycles. The van der Waals surface area contributed by atoms with Crippen LogP contribution in [0.2, 0.25) is 0 Å². The van der Waals surface area contributed by atoms with E-state index in [-0.39, 0.29) is 24.8 Å². The number of nitrogens with zero attached hydrogens (tertiary/aromatic N) is 2. The van der Waals surface area contributed by atoms with E-state index in [1.165, 1.54) is 0 Å². The largest absolute Gasteiger partial charge is 0.342 e. The highest BCUT2D eigenvalue weighted by molar-refractivity contribution is 5.85. The molecule has 0 aliphatic heterocycles. The highest BCUT2D eigenvalue weighted by atomic mass is 35.5. The minimum atomic E-state index is 0. The van der Waals surface area contributed by atoms with Crippen molar-refractivity contribution in [2.24, 2.45) is 0 Å². The van der Waals surface area contributed by atoms with Gasteiger partial charge in [-0.2, -0.15) is 0 Å². The first-order valence-corrected chi connectivity index (χ1v) is 6.76. The summed E-state index contributed by atoms with van der Waals surface area (Å²) >= 11 is 0. The van der Waals surface area contributed by atoms with Crippen LogP contribution in [0.15, 0.2) is 48.5 Å². The van der Waals surface area contributed by atoms with Crippen molar-refractivity contribution < 1.29 is 0 Å². The van der Waals surface area contributed by atoms with Crippen LogP contribution in [0.4, 0.5) is 0 Å². The molecule has 0 radical (unpaired) electrons. The van der Waals surface area contributed by atoms with Crippen molar-refractivity contribution in [2.75, 3.05) is 0 Å². The number of aromatic nitrogens is 4. The first-order chi connectivity index (χ1) is 9.88. The fraction of sp³-hybridized carbons (Fsp3) is 0.125. The molecule has 0 atom stereocenters. The van der Waals surface area contributed by atoms with Crippen LogP contribution in [-0.4, -0.2) is 19.9 Å². The van der Waals surface area contributed by atoms with Crippen LogP contribution in [0.5, 0.6) is 0 Å². The molecular formula is C16H16Cl2N4. The summed E-state index contributed by atoms with van der Waals surface area (Å²) in [6.45, 7) is 0. The second kappa shape index (κ2) is 6.81. The lowest BCUT2D eigenvalue weighted by molar-refractivity contribution is 0.844. The third-order valence-corrected chi connectivity index (χ3v) is 3.48. The van der Waals surface area contributed by atoms with Gasteiger partial charge in [-0.15, -0.1) is 24.8 Å². The molecule has 0 spiro atoms. The third-order valence-electron chi connectivity index (χ3n) is 3.48. The van der Waals surface area contributed by atoms with Gasteiger partial charge in [-0.25, -0.2) is 9.97 Å². The lowest BCUT2D eigenvalue weighted by Crippen LogP contribution is -1.95. The maximum Gasteiger partial charge on any atom is 0.107 e. The predicted octanol–water partition coefficient (Wildman–Crippen LogP) is 4.07. The minimum Gasteiger partial charge on any atom is -0.342 e. The highest BCUT2D eigenvalue weighted by Crippen LogP contribution is 2.14. The van der Waals surface area contributed by atoms with Crippen LogP contribution in [-0.2, 0) is 12.8 Å². The average Bonchev–Trinajstić information content (AvgIpc) is 3.07. The molecule has 2 aromatic carbocycles. The number of halogens is 2. The van der Waals surface area contributed by atoms with Crippen molar-refractivity contribution in [1.82, 2.24) is 19.9 Å². The molecule has 0 saturated heterocycles. The Balaban J connectivity index is 0.000000882. The van der Waals surface area contributed by atoms with E-state index in [1.54, 1.807) is 0 Å². The zero-order valence-electron chi connectivity index (χ0n) is 11.7. The Kier molecular flexibility index (Phi) is 5.06. The van der Waals surface area contributed by atoms with Gasteiger partial charge in [0.05, 0.1) is 22.1 Å².